The average Bonchev–Trinajstić information content (AvgIpc) is 2.54. The van der Waals surface area contributed by atoms with Crippen LogP contribution in [0.5, 0.6) is 0 Å². The Labute approximate surface area is 96.1 Å². The molecule has 88 valence electrons. The molecular formula is C9H6N2O5S. The fourth-order valence-electron chi connectivity index (χ4n) is 1.30. The standard InChI is InChI=1S/C9H6N2O5S/c12-7-8(13)11(9(14)10-7)17(15,16)6-4-2-1-3-5-6/h1-5H,(H,10,12,14). The molecule has 0 spiro atoms. The summed E-state index contributed by atoms with van der Waals surface area (Å²) in [6.45, 7) is 0. The molecule has 1 aromatic carbocycles. The number of carbonyl (C=O) groups excluding carboxylic acids is 3. The smallest absolute Gasteiger partial charge is 0.268 e. The van der Waals surface area contributed by atoms with E-state index in [4.69, 9.17) is 0 Å². The molecule has 1 saturated heterocycles. The maximum absolute atomic E-state index is 11.9. The van der Waals surface area contributed by atoms with Crippen LogP contribution in [-0.2, 0) is 19.6 Å². The second-order valence-corrected chi connectivity index (χ2v) is 4.93. The Hall–Kier alpha value is -2.22. The molecule has 1 aliphatic heterocycles. The predicted molar refractivity (Wildman–Crippen MR) is 54.0 cm³/mol. The van der Waals surface area contributed by atoms with Gasteiger partial charge in [-0.05, 0) is 12.1 Å². The maximum Gasteiger partial charge on any atom is 0.345 e. The van der Waals surface area contributed by atoms with Gasteiger partial charge >= 0.3 is 17.8 Å². The highest BCUT2D eigenvalue weighted by atomic mass is 32.2. The highest BCUT2D eigenvalue weighted by molar-refractivity contribution is 7.90. The Kier molecular flexibility index (Phi) is 2.43. The van der Waals surface area contributed by atoms with Crippen LogP contribution in [0.4, 0.5) is 4.79 Å². The van der Waals surface area contributed by atoms with Gasteiger partial charge in [0.05, 0.1) is 4.90 Å². The lowest BCUT2D eigenvalue weighted by Gasteiger charge is -2.11. The fourth-order valence-corrected chi connectivity index (χ4v) is 2.58. The van der Waals surface area contributed by atoms with Gasteiger partial charge in [0.25, 0.3) is 10.0 Å². The van der Waals surface area contributed by atoms with Gasteiger partial charge in [-0.2, -0.15) is 0 Å². The molecule has 1 aliphatic rings. The Morgan fingerprint density at radius 2 is 1.59 bits per heavy atom. The van der Waals surface area contributed by atoms with Gasteiger partial charge in [-0.1, -0.05) is 18.2 Å². The number of carbonyl (C=O) groups is 3. The van der Waals surface area contributed by atoms with Gasteiger partial charge in [0.15, 0.2) is 0 Å². The van der Waals surface area contributed by atoms with E-state index < -0.39 is 27.9 Å². The Morgan fingerprint density at radius 1 is 1.00 bits per heavy atom. The van der Waals surface area contributed by atoms with Crippen molar-refractivity contribution in [3.05, 3.63) is 30.3 Å². The second kappa shape index (κ2) is 3.67. The van der Waals surface area contributed by atoms with Crippen LogP contribution in [0.2, 0.25) is 0 Å². The minimum absolute atomic E-state index is 0.0787. The summed E-state index contributed by atoms with van der Waals surface area (Å²) in [5, 5.41) is 1.61. The first-order chi connectivity index (χ1) is 7.94. The summed E-state index contributed by atoms with van der Waals surface area (Å²) in [5.74, 6) is -2.66. The summed E-state index contributed by atoms with van der Waals surface area (Å²) >= 11 is 0. The van der Waals surface area contributed by atoms with Crippen molar-refractivity contribution in [3.63, 3.8) is 0 Å². The molecule has 1 N–H and O–H groups in total. The van der Waals surface area contributed by atoms with Crippen LogP contribution in [0.15, 0.2) is 35.2 Å². The van der Waals surface area contributed by atoms with Crippen molar-refractivity contribution >= 4 is 27.9 Å². The summed E-state index contributed by atoms with van der Waals surface area (Å²) in [6.07, 6.45) is 0. The molecule has 7 nitrogen and oxygen atoms in total. The van der Waals surface area contributed by atoms with Crippen molar-refractivity contribution in [2.24, 2.45) is 0 Å². The van der Waals surface area contributed by atoms with Crippen molar-refractivity contribution in [2.45, 2.75) is 4.90 Å². The molecule has 0 aliphatic carbocycles. The molecule has 1 aromatic rings. The van der Waals surface area contributed by atoms with Crippen molar-refractivity contribution in [2.75, 3.05) is 0 Å². The van der Waals surface area contributed by atoms with Gasteiger partial charge in [-0.3, -0.25) is 14.9 Å². The van der Waals surface area contributed by atoms with E-state index in [1.165, 1.54) is 24.3 Å². The molecule has 1 fully saturated rings. The van der Waals surface area contributed by atoms with E-state index in [0.29, 0.717) is 0 Å². The van der Waals surface area contributed by atoms with Gasteiger partial charge in [0.2, 0.25) is 0 Å². The molecule has 0 atom stereocenters. The highest BCUT2D eigenvalue weighted by Gasteiger charge is 2.45. The highest BCUT2D eigenvalue weighted by Crippen LogP contribution is 2.17. The zero-order valence-corrected chi connectivity index (χ0v) is 9.10. The Bertz CT molecular complexity index is 608. The lowest BCUT2D eigenvalue weighted by molar-refractivity contribution is -0.138. The van der Waals surface area contributed by atoms with E-state index in [9.17, 15) is 22.8 Å². The van der Waals surface area contributed by atoms with Crippen LogP contribution < -0.4 is 5.32 Å². The fraction of sp³-hybridized carbons (Fsp3) is 0. The van der Waals surface area contributed by atoms with Gasteiger partial charge < -0.3 is 0 Å². The number of hydrogen-bond acceptors (Lipinski definition) is 5. The normalized spacial score (nSPS) is 16.2. The maximum atomic E-state index is 11.9. The first-order valence-corrected chi connectivity index (χ1v) is 5.88. The topological polar surface area (TPSA) is 101 Å². The number of benzene rings is 1. The second-order valence-electron chi connectivity index (χ2n) is 3.15. The monoisotopic (exact) mass is 254 g/mol. The Morgan fingerprint density at radius 3 is 2.06 bits per heavy atom. The number of rotatable bonds is 2. The molecule has 2 rings (SSSR count). The third kappa shape index (κ3) is 1.68. The molecule has 0 bridgehead atoms. The third-order valence-electron chi connectivity index (χ3n) is 2.07. The third-order valence-corrected chi connectivity index (χ3v) is 3.75. The predicted octanol–water partition coefficient (Wildman–Crippen LogP) is -0.546. The van der Waals surface area contributed by atoms with Crippen LogP contribution in [0.1, 0.15) is 0 Å². The van der Waals surface area contributed by atoms with Crippen molar-refractivity contribution in [1.29, 1.82) is 0 Å². The molecule has 0 aromatic heterocycles. The minimum atomic E-state index is -4.32. The number of amides is 4. The van der Waals surface area contributed by atoms with E-state index in [-0.39, 0.29) is 9.20 Å². The van der Waals surface area contributed by atoms with E-state index in [1.54, 1.807) is 11.4 Å². The molecule has 8 heteroatoms. The van der Waals surface area contributed by atoms with Crippen molar-refractivity contribution in [1.82, 2.24) is 9.62 Å². The lowest BCUT2D eigenvalue weighted by atomic mass is 10.4. The zero-order valence-electron chi connectivity index (χ0n) is 8.28. The summed E-state index contributed by atoms with van der Waals surface area (Å²) < 4.78 is 23.7. The number of urea groups is 1. The molecule has 0 unspecified atom stereocenters. The molecule has 17 heavy (non-hydrogen) atoms. The van der Waals surface area contributed by atoms with E-state index in [1.807, 2.05) is 0 Å². The van der Waals surface area contributed by atoms with Gasteiger partial charge in [-0.25, -0.2) is 13.2 Å². The summed E-state index contributed by atoms with van der Waals surface area (Å²) in [7, 11) is -4.32. The SMILES string of the molecule is O=C1NC(=O)N(S(=O)(=O)c2ccccc2)C1=O. The van der Waals surface area contributed by atoms with E-state index in [2.05, 4.69) is 0 Å². The number of hydrogen-bond donors (Lipinski definition) is 1. The number of imide groups is 2. The quantitative estimate of drug-likeness (QED) is 0.564. The number of sulfonamides is 1. The van der Waals surface area contributed by atoms with Crippen LogP contribution in [-0.4, -0.2) is 30.6 Å². The van der Waals surface area contributed by atoms with Gasteiger partial charge in [0.1, 0.15) is 0 Å². The molecule has 4 amide bonds. The number of nitrogens with one attached hydrogen (secondary N) is 1. The largest absolute Gasteiger partial charge is 0.345 e. The average molecular weight is 254 g/mol. The Balaban J connectivity index is 2.51. The molecular weight excluding hydrogens is 248 g/mol. The molecule has 1 heterocycles. The minimum Gasteiger partial charge on any atom is -0.268 e. The lowest BCUT2D eigenvalue weighted by Crippen LogP contribution is -2.37. The summed E-state index contributed by atoms with van der Waals surface area (Å²) in [4.78, 5) is 33.1. The molecule has 0 saturated carbocycles. The van der Waals surface area contributed by atoms with Crippen LogP contribution in [0.3, 0.4) is 0 Å². The van der Waals surface area contributed by atoms with E-state index in [0.717, 1.165) is 0 Å². The first-order valence-electron chi connectivity index (χ1n) is 4.44. The summed E-state index contributed by atoms with van der Waals surface area (Å²) in [6, 6.07) is 5.64. The number of nitrogens with zero attached hydrogens (tertiary/aromatic N) is 1. The van der Waals surface area contributed by atoms with Crippen molar-refractivity contribution in [3.8, 4) is 0 Å². The van der Waals surface area contributed by atoms with Crippen LogP contribution >= 0.6 is 0 Å². The van der Waals surface area contributed by atoms with Gasteiger partial charge in [-0.15, -0.1) is 4.31 Å². The molecule has 0 radical (unpaired) electrons. The van der Waals surface area contributed by atoms with E-state index >= 15 is 0 Å². The van der Waals surface area contributed by atoms with Crippen molar-refractivity contribution < 1.29 is 22.8 Å². The first kappa shape index (κ1) is 11.3. The summed E-state index contributed by atoms with van der Waals surface area (Å²) in [5.41, 5.74) is 0. The van der Waals surface area contributed by atoms with Gasteiger partial charge in [0, 0.05) is 0 Å². The van der Waals surface area contributed by atoms with Crippen LogP contribution in [0, 0.1) is 0 Å². The van der Waals surface area contributed by atoms with Crippen LogP contribution in [0.25, 0.3) is 0 Å². The zero-order chi connectivity index (χ0) is 12.6.